The molecule has 19 heavy (non-hydrogen) atoms. The molecule has 1 heterocycles. The minimum Gasteiger partial charge on any atom is -0.304 e. The summed E-state index contributed by atoms with van der Waals surface area (Å²) in [6.07, 6.45) is 0. The number of benzene rings is 1. The van der Waals surface area contributed by atoms with Gasteiger partial charge in [0.15, 0.2) is 0 Å². The molecular weight excluding hydrogens is 266 g/mol. The maximum Gasteiger partial charge on any atom is 0.128 e. The van der Waals surface area contributed by atoms with Crippen LogP contribution in [0.25, 0.3) is 0 Å². The van der Waals surface area contributed by atoms with E-state index < -0.39 is 0 Å². The summed E-state index contributed by atoms with van der Waals surface area (Å²) in [4.78, 5) is 4.32. The maximum absolute atomic E-state index is 13.8. The second kappa shape index (κ2) is 5.75. The zero-order chi connectivity index (χ0) is 14.0. The molecular formula is C14H16F2N2S. The number of aryl methyl sites for hydroxylation is 2. The average Bonchev–Trinajstić information content (AvgIpc) is 2.77. The highest BCUT2D eigenvalue weighted by Gasteiger charge is 2.14. The topological polar surface area (TPSA) is 24.9 Å². The first-order valence-electron chi connectivity index (χ1n) is 6.07. The molecule has 0 aliphatic heterocycles. The Kier molecular flexibility index (Phi) is 4.27. The smallest absolute Gasteiger partial charge is 0.128 e. The number of halogens is 2. The molecule has 0 radical (unpaired) electrons. The second-order valence-corrected chi connectivity index (χ2v) is 5.55. The molecule has 0 spiro atoms. The molecule has 2 aromatic rings. The Hall–Kier alpha value is -1.33. The molecule has 102 valence electrons. The molecule has 5 heteroatoms. The third kappa shape index (κ3) is 3.36. The predicted octanol–water partition coefficient (Wildman–Crippen LogP) is 3.89. The number of rotatable bonds is 4. The van der Waals surface area contributed by atoms with Gasteiger partial charge in [-0.2, -0.15) is 0 Å². The monoisotopic (exact) mass is 282 g/mol. The van der Waals surface area contributed by atoms with Gasteiger partial charge in [0.2, 0.25) is 0 Å². The number of hydrogen-bond donors (Lipinski definition) is 1. The van der Waals surface area contributed by atoms with Gasteiger partial charge in [0.25, 0.3) is 0 Å². The highest BCUT2D eigenvalue weighted by atomic mass is 32.1. The molecule has 0 saturated heterocycles. The van der Waals surface area contributed by atoms with E-state index >= 15 is 0 Å². The molecule has 2 rings (SSSR count). The van der Waals surface area contributed by atoms with E-state index in [-0.39, 0.29) is 17.7 Å². The molecule has 0 aliphatic carbocycles. The van der Waals surface area contributed by atoms with Crippen LogP contribution in [-0.4, -0.2) is 4.98 Å². The van der Waals surface area contributed by atoms with Gasteiger partial charge < -0.3 is 5.32 Å². The van der Waals surface area contributed by atoms with Crippen LogP contribution in [0.5, 0.6) is 0 Å². The molecule has 0 amide bonds. The summed E-state index contributed by atoms with van der Waals surface area (Å²) < 4.78 is 27.3. The van der Waals surface area contributed by atoms with E-state index in [2.05, 4.69) is 10.3 Å². The lowest BCUT2D eigenvalue weighted by Gasteiger charge is -2.15. The zero-order valence-corrected chi connectivity index (χ0v) is 11.9. The summed E-state index contributed by atoms with van der Waals surface area (Å²) in [6.45, 7) is 5.85. The molecule has 1 aromatic heterocycles. The van der Waals surface area contributed by atoms with E-state index in [1.54, 1.807) is 18.3 Å². The fourth-order valence-corrected chi connectivity index (χ4v) is 2.55. The number of thiazole rings is 1. The van der Waals surface area contributed by atoms with Gasteiger partial charge in [-0.25, -0.2) is 13.8 Å². The van der Waals surface area contributed by atoms with Crippen molar-refractivity contribution >= 4 is 11.3 Å². The van der Waals surface area contributed by atoms with E-state index in [0.717, 1.165) is 10.7 Å². The van der Waals surface area contributed by atoms with Crippen molar-refractivity contribution in [1.29, 1.82) is 0 Å². The van der Waals surface area contributed by atoms with Crippen molar-refractivity contribution in [2.75, 3.05) is 0 Å². The quantitative estimate of drug-likeness (QED) is 0.920. The third-order valence-corrected chi connectivity index (χ3v) is 3.94. The third-order valence-electron chi connectivity index (χ3n) is 2.97. The fraction of sp³-hybridized carbons (Fsp3) is 0.357. The lowest BCUT2D eigenvalue weighted by Crippen LogP contribution is -2.19. The Balaban J connectivity index is 2.07. The van der Waals surface area contributed by atoms with Crippen molar-refractivity contribution in [2.45, 2.75) is 33.4 Å². The van der Waals surface area contributed by atoms with Crippen LogP contribution >= 0.6 is 11.3 Å². The Labute approximate surface area is 115 Å². The highest BCUT2D eigenvalue weighted by molar-refractivity contribution is 7.09. The first kappa shape index (κ1) is 14.1. The van der Waals surface area contributed by atoms with Crippen molar-refractivity contribution in [1.82, 2.24) is 10.3 Å². The molecule has 1 N–H and O–H groups in total. The van der Waals surface area contributed by atoms with Gasteiger partial charge in [-0.1, -0.05) is 0 Å². The van der Waals surface area contributed by atoms with Crippen LogP contribution in [0.2, 0.25) is 0 Å². The zero-order valence-electron chi connectivity index (χ0n) is 11.1. The number of nitrogens with one attached hydrogen (secondary N) is 1. The highest BCUT2D eigenvalue weighted by Crippen LogP contribution is 2.21. The van der Waals surface area contributed by atoms with Crippen LogP contribution in [0.3, 0.4) is 0 Å². The van der Waals surface area contributed by atoms with Gasteiger partial charge in [-0.05, 0) is 38.5 Å². The van der Waals surface area contributed by atoms with Gasteiger partial charge in [0.1, 0.15) is 16.6 Å². The van der Waals surface area contributed by atoms with Crippen molar-refractivity contribution in [3.8, 4) is 0 Å². The molecule has 0 saturated carbocycles. The fourth-order valence-electron chi connectivity index (χ4n) is 1.83. The summed E-state index contributed by atoms with van der Waals surface area (Å²) >= 11 is 1.56. The van der Waals surface area contributed by atoms with Crippen LogP contribution in [0, 0.1) is 25.5 Å². The molecule has 0 fully saturated rings. The summed E-state index contributed by atoms with van der Waals surface area (Å²) in [5.74, 6) is -0.760. The lowest BCUT2D eigenvalue weighted by atomic mass is 10.1. The van der Waals surface area contributed by atoms with Gasteiger partial charge >= 0.3 is 0 Å². The van der Waals surface area contributed by atoms with Crippen molar-refractivity contribution < 1.29 is 8.78 Å². The first-order valence-corrected chi connectivity index (χ1v) is 6.95. The molecule has 0 aliphatic rings. The van der Waals surface area contributed by atoms with Crippen molar-refractivity contribution in [2.24, 2.45) is 0 Å². The summed E-state index contributed by atoms with van der Waals surface area (Å²) in [5.41, 5.74) is 1.64. The van der Waals surface area contributed by atoms with Crippen LogP contribution in [0.1, 0.15) is 34.8 Å². The van der Waals surface area contributed by atoms with E-state index in [9.17, 15) is 8.78 Å². The first-order chi connectivity index (χ1) is 8.97. The van der Waals surface area contributed by atoms with E-state index in [4.69, 9.17) is 0 Å². The Morgan fingerprint density at radius 2 is 2.00 bits per heavy atom. The SMILES string of the molecule is Cc1csc(CNC(C)c2cc(F)c(C)cc2F)n1. The molecule has 1 atom stereocenters. The average molecular weight is 282 g/mol. The maximum atomic E-state index is 13.8. The number of hydrogen-bond acceptors (Lipinski definition) is 3. The second-order valence-electron chi connectivity index (χ2n) is 4.61. The van der Waals surface area contributed by atoms with Crippen molar-refractivity contribution in [3.05, 3.63) is 51.0 Å². The van der Waals surface area contributed by atoms with E-state index in [0.29, 0.717) is 17.7 Å². The summed E-state index contributed by atoms with van der Waals surface area (Å²) in [5, 5.41) is 6.07. The summed E-state index contributed by atoms with van der Waals surface area (Å²) in [7, 11) is 0. The minimum absolute atomic E-state index is 0.265. The number of aromatic nitrogens is 1. The van der Waals surface area contributed by atoms with Crippen LogP contribution in [-0.2, 0) is 6.54 Å². The minimum atomic E-state index is -0.380. The van der Waals surface area contributed by atoms with Gasteiger partial charge in [0, 0.05) is 29.2 Å². The van der Waals surface area contributed by atoms with Crippen LogP contribution < -0.4 is 5.32 Å². The predicted molar refractivity (Wildman–Crippen MR) is 73.2 cm³/mol. The normalized spacial score (nSPS) is 12.7. The van der Waals surface area contributed by atoms with Crippen LogP contribution in [0.4, 0.5) is 8.78 Å². The van der Waals surface area contributed by atoms with Gasteiger partial charge in [0.05, 0.1) is 0 Å². The lowest BCUT2D eigenvalue weighted by molar-refractivity contribution is 0.516. The Morgan fingerprint density at radius 1 is 1.26 bits per heavy atom. The largest absolute Gasteiger partial charge is 0.304 e. The standard InChI is InChI=1S/C14H16F2N2S/c1-8-4-13(16)11(5-12(8)15)10(3)17-6-14-18-9(2)7-19-14/h4-5,7,10,17H,6H2,1-3H3. The van der Waals surface area contributed by atoms with Crippen molar-refractivity contribution in [3.63, 3.8) is 0 Å². The summed E-state index contributed by atoms with van der Waals surface area (Å²) in [6, 6.07) is 2.23. The van der Waals surface area contributed by atoms with Gasteiger partial charge in [-0.15, -0.1) is 11.3 Å². The van der Waals surface area contributed by atoms with Crippen LogP contribution in [0.15, 0.2) is 17.5 Å². The molecule has 0 bridgehead atoms. The Morgan fingerprint density at radius 3 is 2.63 bits per heavy atom. The Bertz CT molecular complexity index is 581. The van der Waals surface area contributed by atoms with Gasteiger partial charge in [-0.3, -0.25) is 0 Å². The molecule has 2 nitrogen and oxygen atoms in total. The molecule has 1 aromatic carbocycles. The molecule has 1 unspecified atom stereocenters. The van der Waals surface area contributed by atoms with E-state index in [1.165, 1.54) is 12.1 Å². The van der Waals surface area contributed by atoms with E-state index in [1.807, 2.05) is 19.2 Å². The number of nitrogens with zero attached hydrogens (tertiary/aromatic N) is 1.